The fraction of sp³-hybridized carbons (Fsp3) is 0.471. The quantitative estimate of drug-likeness (QED) is 0.586. The van der Waals surface area contributed by atoms with Crippen LogP contribution in [0.1, 0.15) is 46.0 Å². The molecule has 2 aromatic rings. The van der Waals surface area contributed by atoms with Crippen LogP contribution in [0.2, 0.25) is 0 Å². The minimum atomic E-state index is 0.150. The van der Waals surface area contributed by atoms with Gasteiger partial charge in [-0.15, -0.1) is 10.2 Å². The fourth-order valence-corrected chi connectivity index (χ4v) is 3.94. The molecule has 1 heterocycles. The number of aromatic nitrogens is 2. The Bertz CT molecular complexity index is 710. The van der Waals surface area contributed by atoms with Crippen LogP contribution in [0.5, 0.6) is 0 Å². The number of rotatable bonds is 7. The van der Waals surface area contributed by atoms with Crippen LogP contribution in [0.4, 0.5) is 5.13 Å². The van der Waals surface area contributed by atoms with Crippen molar-refractivity contribution in [3.8, 4) is 0 Å². The van der Waals surface area contributed by atoms with Crippen molar-refractivity contribution in [2.75, 3.05) is 17.6 Å². The first-order valence-electron chi connectivity index (χ1n) is 7.74. The lowest BCUT2D eigenvalue weighted by atomic mass is 9.93. The molecular weight excluding hydrogens is 326 g/mol. The predicted molar refractivity (Wildman–Crippen MR) is 99.1 cm³/mol. The zero-order valence-electron chi connectivity index (χ0n) is 14.3. The number of aryl methyl sites for hydroxylation is 1. The molecular formula is C17H23N3OS2. The van der Waals surface area contributed by atoms with Gasteiger partial charge in [-0.2, -0.15) is 0 Å². The number of hydrogen-bond donors (Lipinski definition) is 1. The lowest BCUT2D eigenvalue weighted by Gasteiger charge is -2.13. The van der Waals surface area contributed by atoms with Crippen LogP contribution in [0.3, 0.4) is 0 Å². The Labute approximate surface area is 146 Å². The third kappa shape index (κ3) is 4.32. The van der Waals surface area contributed by atoms with Crippen molar-refractivity contribution in [2.45, 2.75) is 45.4 Å². The summed E-state index contributed by atoms with van der Waals surface area (Å²) < 4.78 is 0.829. The number of ketones is 1. The lowest BCUT2D eigenvalue weighted by molar-refractivity contribution is 0.102. The van der Waals surface area contributed by atoms with Crippen LogP contribution in [0, 0.1) is 27.7 Å². The first-order chi connectivity index (χ1) is 10.9. The van der Waals surface area contributed by atoms with Gasteiger partial charge >= 0.3 is 0 Å². The molecule has 0 atom stereocenters. The van der Waals surface area contributed by atoms with E-state index in [1.807, 2.05) is 13.0 Å². The van der Waals surface area contributed by atoms with Crippen LogP contribution in [0.15, 0.2) is 10.4 Å². The van der Waals surface area contributed by atoms with Gasteiger partial charge in [-0.25, -0.2) is 0 Å². The third-order valence-electron chi connectivity index (χ3n) is 4.04. The summed E-state index contributed by atoms with van der Waals surface area (Å²) in [6.45, 7) is 11.3. The van der Waals surface area contributed by atoms with Crippen molar-refractivity contribution in [1.29, 1.82) is 0 Å². The van der Waals surface area contributed by atoms with Gasteiger partial charge in [0, 0.05) is 12.1 Å². The van der Waals surface area contributed by atoms with E-state index in [-0.39, 0.29) is 5.78 Å². The van der Waals surface area contributed by atoms with Crippen molar-refractivity contribution in [3.63, 3.8) is 0 Å². The molecule has 0 bridgehead atoms. The predicted octanol–water partition coefficient (Wildman–Crippen LogP) is 4.57. The first-order valence-corrected chi connectivity index (χ1v) is 9.55. The number of nitrogens with zero attached hydrogens (tertiary/aromatic N) is 2. The summed E-state index contributed by atoms with van der Waals surface area (Å²) >= 11 is 2.96. The monoisotopic (exact) mass is 349 g/mol. The maximum Gasteiger partial charge on any atom is 0.206 e. The SMILES string of the molecule is CCCNc1nnc(SCC(=O)c2cc(C)c(C)c(C)c2C)s1. The molecule has 23 heavy (non-hydrogen) atoms. The summed E-state index contributed by atoms with van der Waals surface area (Å²) in [4.78, 5) is 12.6. The van der Waals surface area contributed by atoms with Gasteiger partial charge in [0.25, 0.3) is 0 Å². The Kier molecular flexibility index (Phi) is 6.18. The van der Waals surface area contributed by atoms with Gasteiger partial charge in [0.2, 0.25) is 5.13 Å². The molecule has 2 rings (SSSR count). The Morgan fingerprint density at radius 3 is 2.61 bits per heavy atom. The molecule has 124 valence electrons. The van der Waals surface area contributed by atoms with Gasteiger partial charge in [0.1, 0.15) is 0 Å². The Balaban J connectivity index is 2.04. The van der Waals surface area contributed by atoms with Gasteiger partial charge in [-0.05, 0) is 62.4 Å². The zero-order chi connectivity index (χ0) is 17.0. The molecule has 0 saturated heterocycles. The summed E-state index contributed by atoms with van der Waals surface area (Å²) in [5.74, 6) is 0.544. The highest BCUT2D eigenvalue weighted by Gasteiger charge is 2.15. The van der Waals surface area contributed by atoms with Gasteiger partial charge in [0.05, 0.1) is 5.75 Å². The van der Waals surface area contributed by atoms with Crippen LogP contribution < -0.4 is 5.32 Å². The molecule has 1 aromatic heterocycles. The number of nitrogens with one attached hydrogen (secondary N) is 1. The average molecular weight is 350 g/mol. The van der Waals surface area contributed by atoms with Crippen molar-refractivity contribution in [1.82, 2.24) is 10.2 Å². The Morgan fingerprint density at radius 1 is 1.17 bits per heavy atom. The summed E-state index contributed by atoms with van der Waals surface area (Å²) in [6, 6.07) is 2.01. The maximum atomic E-state index is 12.6. The van der Waals surface area contributed by atoms with Crippen LogP contribution in [-0.4, -0.2) is 28.3 Å². The van der Waals surface area contributed by atoms with E-state index in [0.717, 1.165) is 33.6 Å². The van der Waals surface area contributed by atoms with E-state index in [2.05, 4.69) is 43.2 Å². The van der Waals surface area contributed by atoms with Gasteiger partial charge in [0.15, 0.2) is 10.1 Å². The molecule has 0 aliphatic carbocycles. The first kappa shape index (κ1) is 17.9. The molecule has 0 amide bonds. The number of carbonyl (C=O) groups excluding carboxylic acids is 1. The largest absolute Gasteiger partial charge is 0.360 e. The minimum Gasteiger partial charge on any atom is -0.360 e. The number of hydrogen-bond acceptors (Lipinski definition) is 6. The minimum absolute atomic E-state index is 0.150. The Morgan fingerprint density at radius 2 is 1.91 bits per heavy atom. The van der Waals surface area contributed by atoms with E-state index in [1.54, 1.807) is 0 Å². The molecule has 0 fully saturated rings. The Hall–Kier alpha value is -1.40. The topological polar surface area (TPSA) is 54.9 Å². The van der Waals surface area contributed by atoms with Gasteiger partial charge in [-0.1, -0.05) is 30.0 Å². The van der Waals surface area contributed by atoms with Crippen molar-refractivity contribution < 1.29 is 4.79 Å². The highest BCUT2D eigenvalue weighted by atomic mass is 32.2. The number of Topliss-reactive ketones (excluding diaryl/α,β-unsaturated/α-hetero) is 1. The third-order valence-corrected chi connectivity index (χ3v) is 6.06. The van der Waals surface area contributed by atoms with Crippen LogP contribution in [-0.2, 0) is 0 Å². The molecule has 0 saturated carbocycles. The highest BCUT2D eigenvalue weighted by molar-refractivity contribution is 8.01. The van der Waals surface area contributed by atoms with E-state index in [4.69, 9.17) is 0 Å². The molecule has 0 aliphatic rings. The maximum absolute atomic E-state index is 12.6. The molecule has 0 radical (unpaired) electrons. The molecule has 4 nitrogen and oxygen atoms in total. The van der Waals surface area contributed by atoms with E-state index in [1.165, 1.54) is 39.8 Å². The fourth-order valence-electron chi connectivity index (χ4n) is 2.28. The lowest BCUT2D eigenvalue weighted by Crippen LogP contribution is -2.08. The van der Waals surface area contributed by atoms with Gasteiger partial charge in [-0.3, -0.25) is 4.79 Å². The van der Waals surface area contributed by atoms with E-state index >= 15 is 0 Å². The highest BCUT2D eigenvalue weighted by Crippen LogP contribution is 2.28. The van der Waals surface area contributed by atoms with E-state index < -0.39 is 0 Å². The number of thioether (sulfide) groups is 1. The standard InChI is InChI=1S/C17H23N3OS2/c1-6-7-18-16-19-20-17(23-16)22-9-15(21)14-8-10(2)11(3)12(4)13(14)5/h8H,6-7,9H2,1-5H3,(H,18,19). The van der Waals surface area contributed by atoms with E-state index in [0.29, 0.717) is 5.75 Å². The van der Waals surface area contributed by atoms with E-state index in [9.17, 15) is 4.79 Å². The molecule has 0 unspecified atom stereocenters. The van der Waals surface area contributed by atoms with Crippen molar-refractivity contribution >= 4 is 34.0 Å². The number of carbonyl (C=O) groups is 1. The van der Waals surface area contributed by atoms with Crippen molar-refractivity contribution in [3.05, 3.63) is 33.9 Å². The molecule has 1 N–H and O–H groups in total. The molecule has 6 heteroatoms. The average Bonchev–Trinajstić information content (AvgIpc) is 3.00. The smallest absolute Gasteiger partial charge is 0.206 e. The second kappa shape index (κ2) is 7.93. The van der Waals surface area contributed by atoms with Gasteiger partial charge < -0.3 is 5.32 Å². The molecule has 1 aromatic carbocycles. The van der Waals surface area contributed by atoms with Crippen molar-refractivity contribution in [2.24, 2.45) is 0 Å². The summed E-state index contributed by atoms with van der Waals surface area (Å²) in [6.07, 6.45) is 1.05. The number of benzene rings is 1. The molecule has 0 spiro atoms. The summed E-state index contributed by atoms with van der Waals surface area (Å²) in [7, 11) is 0. The summed E-state index contributed by atoms with van der Waals surface area (Å²) in [5, 5.41) is 12.2. The van der Waals surface area contributed by atoms with Crippen LogP contribution in [0.25, 0.3) is 0 Å². The number of anilines is 1. The molecule has 0 aliphatic heterocycles. The summed E-state index contributed by atoms with van der Waals surface area (Å²) in [5.41, 5.74) is 5.56. The zero-order valence-corrected chi connectivity index (χ0v) is 16.0. The second-order valence-electron chi connectivity index (χ2n) is 5.63. The normalized spacial score (nSPS) is 10.8. The van der Waals surface area contributed by atoms with Crippen LogP contribution >= 0.6 is 23.1 Å². The second-order valence-corrected chi connectivity index (χ2v) is 7.83.